The lowest BCUT2D eigenvalue weighted by Gasteiger charge is -2.09. The van der Waals surface area contributed by atoms with E-state index in [0.717, 1.165) is 0 Å². The van der Waals surface area contributed by atoms with Crippen molar-refractivity contribution in [3.8, 4) is 0 Å². The normalized spacial score (nSPS) is 9.71. The van der Waals surface area contributed by atoms with Gasteiger partial charge in [0.25, 0.3) is 0 Å². The third kappa shape index (κ3) is 1.98. The van der Waals surface area contributed by atoms with Gasteiger partial charge in [-0.3, -0.25) is 4.79 Å². The van der Waals surface area contributed by atoms with Gasteiger partial charge in [-0.25, -0.2) is 4.79 Å². The number of benzene rings is 1. The van der Waals surface area contributed by atoms with Crippen molar-refractivity contribution in [2.45, 2.75) is 0 Å². The summed E-state index contributed by atoms with van der Waals surface area (Å²) in [5.74, 6) is -1.26. The summed E-state index contributed by atoms with van der Waals surface area (Å²) in [7, 11) is 1.41. The lowest BCUT2D eigenvalue weighted by Crippen LogP contribution is -2.20. The monoisotopic (exact) mass is 237 g/mol. The molecule has 0 unspecified atom stereocenters. The highest BCUT2D eigenvalue weighted by molar-refractivity contribution is 5.92. The fourth-order valence-corrected chi connectivity index (χ4v) is 1.55. The van der Waals surface area contributed by atoms with E-state index in [1.807, 2.05) is 0 Å². The van der Waals surface area contributed by atoms with Gasteiger partial charge in [0.2, 0.25) is 5.43 Å². The topological polar surface area (TPSA) is 100 Å². The van der Waals surface area contributed by atoms with Gasteiger partial charge < -0.3 is 15.4 Å². The molecule has 1 aromatic heterocycles. The summed E-state index contributed by atoms with van der Waals surface area (Å²) in [5, 5.41) is 9.20. The SMILES string of the molecule is COn1cc(C(=O)O)c(=O)c2ccccc21.O. The predicted molar refractivity (Wildman–Crippen MR) is 61.3 cm³/mol. The van der Waals surface area contributed by atoms with Crippen LogP contribution in [-0.4, -0.2) is 28.4 Å². The third-order valence-corrected chi connectivity index (χ3v) is 2.30. The minimum Gasteiger partial charge on any atom is -0.477 e. The van der Waals surface area contributed by atoms with Crippen LogP contribution in [0.25, 0.3) is 10.9 Å². The molecule has 0 saturated heterocycles. The Morgan fingerprint density at radius 3 is 2.59 bits per heavy atom. The maximum absolute atomic E-state index is 11.8. The number of aromatic nitrogens is 1. The van der Waals surface area contributed by atoms with Crippen LogP contribution in [0.3, 0.4) is 0 Å². The Bertz CT molecular complexity index is 617. The van der Waals surface area contributed by atoms with Crippen molar-refractivity contribution in [1.29, 1.82) is 0 Å². The summed E-state index contributed by atoms with van der Waals surface area (Å²) in [5.41, 5.74) is -0.267. The number of carbonyl (C=O) groups is 1. The number of para-hydroxylation sites is 1. The highest BCUT2D eigenvalue weighted by atomic mass is 16.6. The van der Waals surface area contributed by atoms with E-state index in [-0.39, 0.29) is 11.0 Å². The first kappa shape index (κ1) is 12.7. The molecule has 0 bridgehead atoms. The Morgan fingerprint density at radius 1 is 1.35 bits per heavy atom. The van der Waals surface area contributed by atoms with Crippen LogP contribution >= 0.6 is 0 Å². The maximum Gasteiger partial charge on any atom is 0.341 e. The summed E-state index contributed by atoms with van der Waals surface area (Å²) in [6.07, 6.45) is 1.17. The number of fused-ring (bicyclic) bond motifs is 1. The molecule has 0 amide bonds. The highest BCUT2D eigenvalue weighted by Gasteiger charge is 2.13. The number of carboxylic acid groups (broad SMARTS) is 1. The van der Waals surface area contributed by atoms with Gasteiger partial charge in [-0.2, -0.15) is 4.73 Å². The lowest BCUT2D eigenvalue weighted by atomic mass is 10.1. The molecule has 0 radical (unpaired) electrons. The molecule has 0 atom stereocenters. The van der Waals surface area contributed by atoms with Crippen LogP contribution in [0.15, 0.2) is 35.3 Å². The molecular weight excluding hydrogens is 226 g/mol. The molecule has 2 aromatic rings. The van der Waals surface area contributed by atoms with Crippen molar-refractivity contribution < 1.29 is 20.2 Å². The van der Waals surface area contributed by atoms with Crippen LogP contribution in [0, 0.1) is 0 Å². The number of hydrogen-bond acceptors (Lipinski definition) is 3. The smallest absolute Gasteiger partial charge is 0.341 e. The van der Waals surface area contributed by atoms with Gasteiger partial charge in [-0.05, 0) is 12.1 Å². The molecule has 1 aromatic carbocycles. The van der Waals surface area contributed by atoms with Gasteiger partial charge in [0.05, 0.1) is 11.7 Å². The summed E-state index contributed by atoms with van der Waals surface area (Å²) >= 11 is 0. The second kappa shape index (κ2) is 4.67. The van der Waals surface area contributed by atoms with E-state index in [9.17, 15) is 9.59 Å². The molecule has 0 saturated carbocycles. The number of aromatic carboxylic acids is 1. The summed E-state index contributed by atoms with van der Waals surface area (Å²) in [6.45, 7) is 0. The van der Waals surface area contributed by atoms with Gasteiger partial charge in [0.15, 0.2) is 0 Å². The average Bonchev–Trinajstić information content (AvgIpc) is 2.29. The fourth-order valence-electron chi connectivity index (χ4n) is 1.55. The Morgan fingerprint density at radius 2 is 2.00 bits per heavy atom. The van der Waals surface area contributed by atoms with Crippen LogP contribution in [0.1, 0.15) is 10.4 Å². The fraction of sp³-hybridized carbons (Fsp3) is 0.0909. The Labute approximate surface area is 95.9 Å². The first-order valence-corrected chi connectivity index (χ1v) is 4.57. The van der Waals surface area contributed by atoms with E-state index < -0.39 is 11.4 Å². The molecule has 1 heterocycles. The van der Waals surface area contributed by atoms with Gasteiger partial charge in [0, 0.05) is 5.39 Å². The number of rotatable bonds is 2. The Balaban J connectivity index is 0.00000144. The first-order valence-electron chi connectivity index (χ1n) is 4.57. The zero-order valence-electron chi connectivity index (χ0n) is 9.01. The molecule has 2 rings (SSSR count). The van der Waals surface area contributed by atoms with Crippen LogP contribution in [0.4, 0.5) is 0 Å². The molecule has 6 nitrogen and oxygen atoms in total. The van der Waals surface area contributed by atoms with E-state index in [0.29, 0.717) is 10.9 Å². The molecule has 0 spiro atoms. The van der Waals surface area contributed by atoms with Crippen LogP contribution in [0.2, 0.25) is 0 Å². The second-order valence-corrected chi connectivity index (χ2v) is 3.20. The van der Waals surface area contributed by atoms with Crippen LogP contribution in [-0.2, 0) is 0 Å². The van der Waals surface area contributed by atoms with E-state index in [1.165, 1.54) is 18.0 Å². The van der Waals surface area contributed by atoms with E-state index >= 15 is 0 Å². The first-order chi connectivity index (χ1) is 7.65. The largest absolute Gasteiger partial charge is 0.477 e. The summed E-state index contributed by atoms with van der Waals surface area (Å²) in [6, 6.07) is 6.68. The Hall–Kier alpha value is -2.34. The quantitative estimate of drug-likeness (QED) is 0.790. The molecule has 17 heavy (non-hydrogen) atoms. The van der Waals surface area contributed by atoms with Crippen molar-refractivity contribution in [3.63, 3.8) is 0 Å². The summed E-state index contributed by atoms with van der Waals surface area (Å²) in [4.78, 5) is 27.6. The average molecular weight is 237 g/mol. The molecule has 0 aliphatic heterocycles. The summed E-state index contributed by atoms with van der Waals surface area (Å²) < 4.78 is 1.26. The number of hydrogen-bond donors (Lipinski definition) is 1. The van der Waals surface area contributed by atoms with Crippen molar-refractivity contribution in [2.75, 3.05) is 7.11 Å². The van der Waals surface area contributed by atoms with Crippen molar-refractivity contribution in [2.24, 2.45) is 0 Å². The van der Waals surface area contributed by atoms with Gasteiger partial charge in [-0.1, -0.05) is 12.1 Å². The van der Waals surface area contributed by atoms with Gasteiger partial charge >= 0.3 is 5.97 Å². The standard InChI is InChI=1S/C11H9NO4.H2O/c1-16-12-6-8(11(14)15)10(13)7-4-2-3-5-9(7)12;/h2-6H,1H3,(H,14,15);1H2. The lowest BCUT2D eigenvalue weighted by molar-refractivity contribution is 0.0691. The molecule has 6 heteroatoms. The molecule has 3 N–H and O–H groups in total. The molecule has 0 aliphatic rings. The van der Waals surface area contributed by atoms with Crippen LogP contribution < -0.4 is 10.3 Å². The second-order valence-electron chi connectivity index (χ2n) is 3.20. The number of pyridine rings is 1. The van der Waals surface area contributed by atoms with E-state index in [2.05, 4.69) is 0 Å². The zero-order chi connectivity index (χ0) is 11.7. The van der Waals surface area contributed by atoms with Crippen molar-refractivity contribution in [1.82, 2.24) is 4.73 Å². The molecular formula is C11H11NO5. The van der Waals surface area contributed by atoms with Gasteiger partial charge in [-0.15, -0.1) is 0 Å². The molecule has 90 valence electrons. The highest BCUT2D eigenvalue weighted by Crippen LogP contribution is 2.10. The zero-order valence-corrected chi connectivity index (χ0v) is 9.01. The van der Waals surface area contributed by atoms with Gasteiger partial charge in [0.1, 0.15) is 12.7 Å². The van der Waals surface area contributed by atoms with E-state index in [4.69, 9.17) is 9.94 Å². The van der Waals surface area contributed by atoms with Crippen LogP contribution in [0.5, 0.6) is 0 Å². The van der Waals surface area contributed by atoms with E-state index in [1.54, 1.807) is 24.3 Å². The Kier molecular flexibility index (Phi) is 3.49. The number of carboxylic acids is 1. The minimum absolute atomic E-state index is 0. The third-order valence-electron chi connectivity index (χ3n) is 2.30. The number of nitrogens with zero attached hydrogens (tertiary/aromatic N) is 1. The minimum atomic E-state index is -1.26. The molecule has 0 fully saturated rings. The van der Waals surface area contributed by atoms with Crippen molar-refractivity contribution >= 4 is 16.9 Å². The maximum atomic E-state index is 11.8. The molecule has 0 aliphatic carbocycles. The van der Waals surface area contributed by atoms with Crippen molar-refractivity contribution in [3.05, 3.63) is 46.2 Å². The predicted octanol–water partition coefficient (Wildman–Crippen LogP) is -0.0666.